The number of sulfonamides is 1. The molecule has 1 fully saturated rings. The second kappa shape index (κ2) is 3.42. The Morgan fingerprint density at radius 3 is 2.50 bits per heavy atom. The molecule has 0 amide bonds. The van der Waals surface area contributed by atoms with E-state index in [2.05, 4.69) is 0 Å². The van der Waals surface area contributed by atoms with Gasteiger partial charge in [-0.3, -0.25) is 0 Å². The zero-order chi connectivity index (χ0) is 9.19. The molecule has 5 heteroatoms. The zero-order valence-electron chi connectivity index (χ0n) is 7.02. The first kappa shape index (κ1) is 9.49. The van der Waals surface area contributed by atoms with Crippen molar-refractivity contribution in [2.75, 3.05) is 12.3 Å². The van der Waals surface area contributed by atoms with Gasteiger partial charge >= 0.3 is 0 Å². The average molecular weight is 188 g/mol. The molecule has 0 atom stereocenters. The molecule has 1 rings (SSSR count). The first-order valence-corrected chi connectivity index (χ1v) is 5.59. The van der Waals surface area contributed by atoms with Crippen molar-refractivity contribution < 1.29 is 8.42 Å². The lowest BCUT2D eigenvalue weighted by molar-refractivity contribution is 0.440. The highest BCUT2D eigenvalue weighted by Gasteiger charge is 2.35. The van der Waals surface area contributed by atoms with Gasteiger partial charge in [-0.25, -0.2) is 8.42 Å². The van der Waals surface area contributed by atoms with Crippen LogP contribution in [0.1, 0.15) is 19.8 Å². The van der Waals surface area contributed by atoms with Crippen LogP contribution < -0.4 is 0 Å². The molecule has 1 aliphatic rings. The van der Waals surface area contributed by atoms with E-state index in [1.807, 2.05) is 6.07 Å². The van der Waals surface area contributed by atoms with Crippen molar-refractivity contribution in [3.8, 4) is 6.07 Å². The maximum Gasteiger partial charge on any atom is 0.215 e. The molecule has 0 unspecified atom stereocenters. The van der Waals surface area contributed by atoms with Crippen molar-refractivity contribution in [2.45, 2.75) is 25.8 Å². The summed E-state index contributed by atoms with van der Waals surface area (Å²) in [5.74, 6) is 0.0885. The predicted octanol–water partition coefficient (Wildman–Crippen LogP) is 0.324. The highest BCUT2D eigenvalue weighted by Crippen LogP contribution is 2.28. The Bertz CT molecular complexity index is 287. The fourth-order valence-electron chi connectivity index (χ4n) is 1.05. The molecule has 12 heavy (non-hydrogen) atoms. The van der Waals surface area contributed by atoms with Crippen molar-refractivity contribution in [3.05, 3.63) is 0 Å². The smallest absolute Gasteiger partial charge is 0.212 e. The summed E-state index contributed by atoms with van der Waals surface area (Å²) >= 11 is 0. The maximum atomic E-state index is 11.3. The van der Waals surface area contributed by atoms with E-state index in [9.17, 15) is 8.42 Å². The summed E-state index contributed by atoms with van der Waals surface area (Å²) in [5, 5.41) is 8.42. The minimum absolute atomic E-state index is 0.000833. The molecule has 0 aliphatic heterocycles. The normalized spacial score (nSPS) is 17.8. The third-order valence-corrected chi connectivity index (χ3v) is 3.77. The largest absolute Gasteiger partial charge is 0.215 e. The van der Waals surface area contributed by atoms with Gasteiger partial charge in [-0.2, -0.15) is 9.57 Å². The van der Waals surface area contributed by atoms with Gasteiger partial charge in [-0.05, 0) is 19.8 Å². The van der Waals surface area contributed by atoms with Crippen molar-refractivity contribution in [3.63, 3.8) is 0 Å². The predicted molar refractivity (Wildman–Crippen MR) is 44.8 cm³/mol. The van der Waals surface area contributed by atoms with E-state index >= 15 is 0 Å². The zero-order valence-corrected chi connectivity index (χ0v) is 7.84. The van der Waals surface area contributed by atoms with Crippen LogP contribution in [0, 0.1) is 11.3 Å². The molecule has 0 aromatic heterocycles. The minimum atomic E-state index is -3.15. The summed E-state index contributed by atoms with van der Waals surface area (Å²) in [5.41, 5.74) is 0. The van der Waals surface area contributed by atoms with E-state index < -0.39 is 10.0 Å². The van der Waals surface area contributed by atoms with Gasteiger partial charge in [0.05, 0.1) is 11.8 Å². The fraction of sp³-hybridized carbons (Fsp3) is 0.857. The molecule has 0 aromatic carbocycles. The number of hydrogen-bond donors (Lipinski definition) is 0. The quantitative estimate of drug-likeness (QED) is 0.597. The van der Waals surface area contributed by atoms with Crippen molar-refractivity contribution in [1.29, 1.82) is 5.26 Å². The highest BCUT2D eigenvalue weighted by atomic mass is 32.2. The molecule has 0 heterocycles. The lowest BCUT2D eigenvalue weighted by atomic mass is 10.6. The van der Waals surface area contributed by atoms with E-state index in [1.54, 1.807) is 6.92 Å². The molecule has 68 valence electrons. The standard InChI is InChI=1S/C7H12N2O2S/c1-2-12(10,11)9(6-5-8)7-3-4-7/h7H,2-4,6H2,1H3. The van der Waals surface area contributed by atoms with Crippen LogP contribution in [0.3, 0.4) is 0 Å². The van der Waals surface area contributed by atoms with E-state index in [0.29, 0.717) is 0 Å². The van der Waals surface area contributed by atoms with Crippen molar-refractivity contribution >= 4 is 10.0 Å². The molecule has 0 aromatic rings. The van der Waals surface area contributed by atoms with Crippen LogP contribution in [0.2, 0.25) is 0 Å². The Kier molecular flexibility index (Phi) is 2.70. The van der Waals surface area contributed by atoms with Crippen LogP contribution in [0.15, 0.2) is 0 Å². The lowest BCUT2D eigenvalue weighted by Gasteiger charge is -2.16. The fourth-order valence-corrected chi connectivity index (χ4v) is 2.30. The molecule has 0 spiro atoms. The van der Waals surface area contributed by atoms with Gasteiger partial charge in [-0.1, -0.05) is 0 Å². The summed E-state index contributed by atoms with van der Waals surface area (Å²) in [6, 6.07) is 1.98. The molecule has 1 saturated carbocycles. The monoisotopic (exact) mass is 188 g/mol. The summed E-state index contributed by atoms with van der Waals surface area (Å²) < 4.78 is 24.0. The number of nitriles is 1. The Hall–Kier alpha value is -0.600. The second-order valence-corrected chi connectivity index (χ2v) is 5.05. The third kappa shape index (κ3) is 1.96. The molecular weight excluding hydrogens is 176 g/mol. The van der Waals surface area contributed by atoms with Gasteiger partial charge < -0.3 is 0 Å². The Balaban J connectivity index is 2.72. The van der Waals surface area contributed by atoms with E-state index in [-0.39, 0.29) is 18.3 Å². The highest BCUT2D eigenvalue weighted by molar-refractivity contribution is 7.89. The number of nitrogens with zero attached hydrogens (tertiary/aromatic N) is 2. The Labute approximate surface area is 72.8 Å². The van der Waals surface area contributed by atoms with Gasteiger partial charge in [-0.15, -0.1) is 0 Å². The molecule has 0 radical (unpaired) electrons. The summed E-state index contributed by atoms with van der Waals surface area (Å²) in [6.45, 7) is 1.60. The molecule has 0 saturated heterocycles. The molecule has 0 N–H and O–H groups in total. The van der Waals surface area contributed by atoms with Crippen LogP contribution in [-0.4, -0.2) is 31.1 Å². The second-order valence-electron chi connectivity index (χ2n) is 2.84. The van der Waals surface area contributed by atoms with Gasteiger partial charge in [0.2, 0.25) is 10.0 Å². The van der Waals surface area contributed by atoms with Crippen LogP contribution in [0.25, 0.3) is 0 Å². The van der Waals surface area contributed by atoms with E-state index in [4.69, 9.17) is 5.26 Å². The lowest BCUT2D eigenvalue weighted by Crippen LogP contribution is -2.34. The van der Waals surface area contributed by atoms with Crippen LogP contribution in [-0.2, 0) is 10.0 Å². The minimum Gasteiger partial charge on any atom is -0.212 e. The van der Waals surface area contributed by atoms with E-state index in [1.165, 1.54) is 4.31 Å². The summed E-state index contributed by atoms with van der Waals surface area (Å²) in [6.07, 6.45) is 1.81. The summed E-state index contributed by atoms with van der Waals surface area (Å²) in [7, 11) is -3.15. The maximum absolute atomic E-state index is 11.3. The van der Waals surface area contributed by atoms with Crippen LogP contribution in [0.4, 0.5) is 0 Å². The third-order valence-electron chi connectivity index (χ3n) is 1.90. The van der Waals surface area contributed by atoms with Crippen molar-refractivity contribution in [1.82, 2.24) is 4.31 Å². The molecule has 0 bridgehead atoms. The van der Waals surface area contributed by atoms with Gasteiger partial charge in [0.1, 0.15) is 6.54 Å². The average Bonchev–Trinajstić information content (AvgIpc) is 2.83. The van der Waals surface area contributed by atoms with E-state index in [0.717, 1.165) is 12.8 Å². The number of hydrogen-bond acceptors (Lipinski definition) is 3. The topological polar surface area (TPSA) is 61.2 Å². The van der Waals surface area contributed by atoms with Crippen molar-refractivity contribution in [2.24, 2.45) is 0 Å². The Morgan fingerprint density at radius 2 is 2.17 bits per heavy atom. The van der Waals surface area contributed by atoms with Gasteiger partial charge in [0.15, 0.2) is 0 Å². The first-order valence-electron chi connectivity index (χ1n) is 3.98. The molecule has 4 nitrogen and oxygen atoms in total. The molecule has 1 aliphatic carbocycles. The van der Waals surface area contributed by atoms with Crippen LogP contribution in [0.5, 0.6) is 0 Å². The van der Waals surface area contributed by atoms with Gasteiger partial charge in [0.25, 0.3) is 0 Å². The molecular formula is C7H12N2O2S. The number of rotatable bonds is 4. The summed E-state index contributed by atoms with van der Waals surface area (Å²) in [4.78, 5) is 0. The SMILES string of the molecule is CCS(=O)(=O)N(CC#N)C1CC1. The van der Waals surface area contributed by atoms with Gasteiger partial charge in [0, 0.05) is 6.04 Å². The van der Waals surface area contributed by atoms with Crippen LogP contribution >= 0.6 is 0 Å². The first-order chi connectivity index (χ1) is 5.61. The Morgan fingerprint density at radius 1 is 1.58 bits per heavy atom.